The summed E-state index contributed by atoms with van der Waals surface area (Å²) < 4.78 is 9.61. The van der Waals surface area contributed by atoms with Crippen LogP contribution in [0, 0.1) is 0 Å². The molecule has 2 N–H and O–H groups in total. The fourth-order valence-electron chi connectivity index (χ4n) is 1.85. The van der Waals surface area contributed by atoms with Crippen molar-refractivity contribution in [1.82, 2.24) is 0 Å². The highest BCUT2D eigenvalue weighted by Gasteiger charge is 2.11. The van der Waals surface area contributed by atoms with Crippen molar-refractivity contribution in [3.05, 3.63) is 48.5 Å². The number of rotatable bonds is 4. The molecule has 2 rings (SSSR count). The second kappa shape index (κ2) is 7.87. The predicted octanol–water partition coefficient (Wildman–Crippen LogP) is 3.60. The van der Waals surface area contributed by atoms with E-state index in [1.807, 2.05) is 0 Å². The molecular weight excluding hydrogens is 312 g/mol. The number of benzene rings is 2. The quantitative estimate of drug-likeness (QED) is 0.660. The maximum absolute atomic E-state index is 12.2. The van der Waals surface area contributed by atoms with E-state index in [2.05, 4.69) is 10.1 Å². The number of nitrogens with one attached hydrogen (secondary N) is 1. The lowest BCUT2D eigenvalue weighted by atomic mass is 10.3. The lowest BCUT2D eigenvalue weighted by Gasteiger charge is -2.18. The van der Waals surface area contributed by atoms with Crippen molar-refractivity contribution < 1.29 is 24.2 Å². The number of amides is 2. The number of carbonyl (C=O) groups is 2. The highest BCUT2D eigenvalue weighted by Crippen LogP contribution is 2.20. The SMILES string of the molecule is CCOC(=O)Oc1ccc(NC(=O)N(C)c2ccc(O)cc2)cc1. The zero-order chi connectivity index (χ0) is 17.5. The summed E-state index contributed by atoms with van der Waals surface area (Å²) in [4.78, 5) is 24.8. The van der Waals surface area contributed by atoms with Crippen molar-refractivity contribution >= 4 is 23.6 Å². The van der Waals surface area contributed by atoms with E-state index in [4.69, 9.17) is 4.74 Å². The molecule has 7 nitrogen and oxygen atoms in total. The summed E-state index contributed by atoms with van der Waals surface area (Å²) >= 11 is 0. The van der Waals surface area contributed by atoms with Gasteiger partial charge in [-0.2, -0.15) is 0 Å². The molecule has 126 valence electrons. The average Bonchev–Trinajstić information content (AvgIpc) is 2.57. The monoisotopic (exact) mass is 330 g/mol. The van der Waals surface area contributed by atoms with Crippen molar-refractivity contribution in [3.8, 4) is 11.5 Å². The minimum absolute atomic E-state index is 0.129. The summed E-state index contributed by atoms with van der Waals surface area (Å²) in [7, 11) is 1.61. The van der Waals surface area contributed by atoms with Crippen LogP contribution in [0.5, 0.6) is 11.5 Å². The van der Waals surface area contributed by atoms with Gasteiger partial charge in [0.25, 0.3) is 0 Å². The minimum atomic E-state index is -0.777. The summed E-state index contributed by atoms with van der Waals surface area (Å²) in [5, 5.41) is 12.0. The Bertz CT molecular complexity index is 698. The molecule has 0 heterocycles. The van der Waals surface area contributed by atoms with Crippen molar-refractivity contribution in [3.63, 3.8) is 0 Å². The molecule has 0 spiro atoms. The van der Waals surface area contributed by atoms with Gasteiger partial charge in [-0.1, -0.05) is 0 Å². The van der Waals surface area contributed by atoms with Crippen LogP contribution in [0.25, 0.3) is 0 Å². The minimum Gasteiger partial charge on any atom is -0.508 e. The molecule has 24 heavy (non-hydrogen) atoms. The number of aromatic hydroxyl groups is 1. The lowest BCUT2D eigenvalue weighted by Crippen LogP contribution is -2.31. The van der Waals surface area contributed by atoms with Crippen LogP contribution in [0.15, 0.2) is 48.5 Å². The molecule has 0 aliphatic carbocycles. The molecule has 0 radical (unpaired) electrons. The van der Waals surface area contributed by atoms with Gasteiger partial charge >= 0.3 is 12.2 Å². The molecule has 0 unspecified atom stereocenters. The van der Waals surface area contributed by atoms with Gasteiger partial charge in [-0.25, -0.2) is 9.59 Å². The van der Waals surface area contributed by atoms with Gasteiger partial charge in [0.05, 0.1) is 6.61 Å². The Morgan fingerprint density at radius 3 is 2.29 bits per heavy atom. The number of hydrogen-bond donors (Lipinski definition) is 2. The van der Waals surface area contributed by atoms with E-state index in [1.165, 1.54) is 17.0 Å². The number of ether oxygens (including phenoxy) is 2. The van der Waals surface area contributed by atoms with Crippen LogP contribution >= 0.6 is 0 Å². The third-order valence-electron chi connectivity index (χ3n) is 3.11. The molecule has 0 aliphatic rings. The average molecular weight is 330 g/mol. The Labute approximate surface area is 139 Å². The normalized spacial score (nSPS) is 9.92. The van der Waals surface area contributed by atoms with E-state index in [-0.39, 0.29) is 18.4 Å². The first-order valence-corrected chi connectivity index (χ1v) is 7.28. The van der Waals surface area contributed by atoms with Crippen LogP contribution in [0.2, 0.25) is 0 Å². The zero-order valence-corrected chi connectivity index (χ0v) is 13.4. The molecule has 0 bridgehead atoms. The number of urea groups is 1. The molecule has 0 aromatic heterocycles. The van der Waals surface area contributed by atoms with Gasteiger partial charge in [0.1, 0.15) is 11.5 Å². The fraction of sp³-hybridized carbons (Fsp3) is 0.176. The van der Waals surface area contributed by atoms with Crippen LogP contribution in [0.4, 0.5) is 21.0 Å². The van der Waals surface area contributed by atoms with Crippen LogP contribution in [0.1, 0.15) is 6.92 Å². The summed E-state index contributed by atoms with van der Waals surface area (Å²) in [6.45, 7) is 1.92. The molecule has 0 fully saturated rings. The van der Waals surface area contributed by atoms with Crippen molar-refractivity contribution in [2.24, 2.45) is 0 Å². The van der Waals surface area contributed by atoms with E-state index in [9.17, 15) is 14.7 Å². The molecule has 0 aliphatic heterocycles. The Kier molecular flexibility index (Phi) is 5.62. The van der Waals surface area contributed by atoms with Gasteiger partial charge in [-0.3, -0.25) is 4.90 Å². The lowest BCUT2D eigenvalue weighted by molar-refractivity contribution is 0.104. The molecule has 0 saturated carbocycles. The van der Waals surface area contributed by atoms with Gasteiger partial charge in [0.15, 0.2) is 0 Å². The Morgan fingerprint density at radius 1 is 1.08 bits per heavy atom. The van der Waals surface area contributed by atoms with Crippen LogP contribution < -0.4 is 15.0 Å². The Balaban J connectivity index is 1.96. The number of phenolic OH excluding ortho intramolecular Hbond substituents is 1. The van der Waals surface area contributed by atoms with Crippen molar-refractivity contribution in [2.75, 3.05) is 23.9 Å². The third-order valence-corrected chi connectivity index (χ3v) is 3.11. The van der Waals surface area contributed by atoms with Crippen LogP contribution in [-0.4, -0.2) is 30.9 Å². The zero-order valence-electron chi connectivity index (χ0n) is 13.4. The number of anilines is 2. The highest BCUT2D eigenvalue weighted by molar-refractivity contribution is 6.01. The Hall–Kier alpha value is -3.22. The summed E-state index contributed by atoms with van der Waals surface area (Å²) in [6, 6.07) is 12.2. The second-order valence-corrected chi connectivity index (χ2v) is 4.82. The van der Waals surface area contributed by atoms with Gasteiger partial charge in [0, 0.05) is 18.4 Å². The van der Waals surface area contributed by atoms with Crippen LogP contribution in [-0.2, 0) is 4.74 Å². The first-order chi connectivity index (χ1) is 11.5. The first-order valence-electron chi connectivity index (χ1n) is 7.28. The van der Waals surface area contributed by atoms with E-state index in [1.54, 1.807) is 50.4 Å². The number of phenols is 1. The molecule has 7 heteroatoms. The highest BCUT2D eigenvalue weighted by atomic mass is 16.7. The summed E-state index contributed by atoms with van der Waals surface area (Å²) in [5.74, 6) is 0.447. The summed E-state index contributed by atoms with van der Waals surface area (Å²) in [6.07, 6.45) is -0.777. The van der Waals surface area contributed by atoms with Gasteiger partial charge < -0.3 is 19.9 Å². The van der Waals surface area contributed by atoms with E-state index in [0.717, 1.165) is 0 Å². The summed E-state index contributed by atoms with van der Waals surface area (Å²) in [5.41, 5.74) is 1.18. The second-order valence-electron chi connectivity index (χ2n) is 4.82. The number of carbonyl (C=O) groups excluding carboxylic acids is 2. The molecule has 0 saturated heterocycles. The first kappa shape index (κ1) is 17.1. The maximum atomic E-state index is 12.2. The Morgan fingerprint density at radius 2 is 1.71 bits per heavy atom. The van der Waals surface area contributed by atoms with Crippen LogP contribution in [0.3, 0.4) is 0 Å². The van der Waals surface area contributed by atoms with Gasteiger partial charge in [-0.15, -0.1) is 0 Å². The number of nitrogens with zero attached hydrogens (tertiary/aromatic N) is 1. The van der Waals surface area contributed by atoms with E-state index >= 15 is 0 Å². The third kappa shape index (κ3) is 4.64. The van der Waals surface area contributed by atoms with Gasteiger partial charge in [0.2, 0.25) is 0 Å². The maximum Gasteiger partial charge on any atom is 0.513 e. The van der Waals surface area contributed by atoms with E-state index < -0.39 is 6.16 Å². The van der Waals surface area contributed by atoms with Crippen molar-refractivity contribution in [1.29, 1.82) is 0 Å². The standard InChI is InChI=1S/C17H18N2O5/c1-3-23-17(22)24-15-10-4-12(5-11-15)18-16(21)19(2)13-6-8-14(20)9-7-13/h4-11,20H,3H2,1-2H3,(H,18,21). The van der Waals surface area contributed by atoms with Gasteiger partial charge in [-0.05, 0) is 55.5 Å². The molecule has 2 aromatic rings. The fourth-order valence-corrected chi connectivity index (χ4v) is 1.85. The molecule has 0 atom stereocenters. The predicted molar refractivity (Wildman–Crippen MR) is 89.6 cm³/mol. The number of hydrogen-bond acceptors (Lipinski definition) is 5. The largest absolute Gasteiger partial charge is 0.513 e. The molecule has 2 aromatic carbocycles. The van der Waals surface area contributed by atoms with Crippen molar-refractivity contribution in [2.45, 2.75) is 6.92 Å². The smallest absolute Gasteiger partial charge is 0.508 e. The molecule has 2 amide bonds. The molecular formula is C17H18N2O5. The van der Waals surface area contributed by atoms with E-state index in [0.29, 0.717) is 17.1 Å². The topological polar surface area (TPSA) is 88.1 Å².